The van der Waals surface area contributed by atoms with Gasteiger partial charge in [-0.2, -0.15) is 0 Å². The van der Waals surface area contributed by atoms with Crippen molar-refractivity contribution in [2.45, 2.75) is 12.5 Å². The van der Waals surface area contributed by atoms with Crippen LogP contribution in [0, 0.1) is 0 Å². The minimum atomic E-state index is -1.20. The predicted octanol–water partition coefficient (Wildman–Crippen LogP) is 1.58. The van der Waals surface area contributed by atoms with E-state index in [9.17, 15) is 9.59 Å². The summed E-state index contributed by atoms with van der Waals surface area (Å²) in [6, 6.07) is 4.75. The molecule has 1 heterocycles. The Hall–Kier alpha value is -1.56. The van der Waals surface area contributed by atoms with E-state index in [1.807, 2.05) is 12.1 Å². The van der Waals surface area contributed by atoms with Gasteiger partial charge >= 0.3 is 6.09 Å². The van der Waals surface area contributed by atoms with Gasteiger partial charge in [0.1, 0.15) is 6.04 Å². The van der Waals surface area contributed by atoms with Gasteiger partial charge in [0.2, 0.25) is 5.91 Å². The molecule has 0 radical (unpaired) electrons. The molecule has 0 bridgehead atoms. The van der Waals surface area contributed by atoms with Gasteiger partial charge in [-0.25, -0.2) is 4.79 Å². The van der Waals surface area contributed by atoms with Crippen molar-refractivity contribution in [3.8, 4) is 0 Å². The Labute approximate surface area is 100.0 Å². The van der Waals surface area contributed by atoms with Crippen molar-refractivity contribution in [2.75, 3.05) is 5.32 Å². The molecular weight excluding hydrogens is 276 g/mol. The lowest BCUT2D eigenvalue weighted by Crippen LogP contribution is -2.47. The minimum Gasteiger partial charge on any atom is -0.465 e. The number of halogens is 1. The molecule has 2 amide bonds. The van der Waals surface area contributed by atoms with Crippen molar-refractivity contribution in [3.05, 3.63) is 28.2 Å². The number of rotatable bonds is 1. The van der Waals surface area contributed by atoms with Crippen LogP contribution in [0.5, 0.6) is 0 Å². The summed E-state index contributed by atoms with van der Waals surface area (Å²) in [6.45, 7) is 0. The van der Waals surface area contributed by atoms with Crippen LogP contribution in [-0.4, -0.2) is 23.1 Å². The second kappa shape index (κ2) is 4.13. The number of anilines is 1. The summed E-state index contributed by atoms with van der Waals surface area (Å²) in [5, 5.41) is 13.4. The van der Waals surface area contributed by atoms with E-state index in [2.05, 4.69) is 26.6 Å². The molecule has 1 aliphatic heterocycles. The fraction of sp³-hybridized carbons (Fsp3) is 0.200. The van der Waals surface area contributed by atoms with Crippen LogP contribution in [-0.2, 0) is 11.2 Å². The van der Waals surface area contributed by atoms with E-state index in [4.69, 9.17) is 5.11 Å². The van der Waals surface area contributed by atoms with Crippen LogP contribution in [0.2, 0.25) is 0 Å². The fourth-order valence-corrected chi connectivity index (χ4v) is 2.06. The van der Waals surface area contributed by atoms with Crippen LogP contribution in [0.4, 0.5) is 10.5 Å². The zero-order chi connectivity index (χ0) is 11.7. The Kier molecular flexibility index (Phi) is 2.82. The molecule has 1 unspecified atom stereocenters. The SMILES string of the molecule is O=C(O)NC1Cc2cc(Br)ccc2NC1=O. The van der Waals surface area contributed by atoms with E-state index in [1.165, 1.54) is 0 Å². The van der Waals surface area contributed by atoms with Crippen LogP contribution in [0.15, 0.2) is 22.7 Å². The fourth-order valence-electron chi connectivity index (χ4n) is 1.65. The Bertz CT molecular complexity index is 461. The maximum absolute atomic E-state index is 11.5. The number of nitrogens with one attached hydrogen (secondary N) is 2. The van der Waals surface area contributed by atoms with Gasteiger partial charge < -0.3 is 15.7 Å². The van der Waals surface area contributed by atoms with E-state index in [0.29, 0.717) is 6.42 Å². The molecule has 0 aliphatic carbocycles. The molecule has 1 aromatic rings. The number of fused-ring (bicyclic) bond motifs is 1. The number of hydrogen-bond donors (Lipinski definition) is 3. The molecule has 0 spiro atoms. The maximum Gasteiger partial charge on any atom is 0.405 e. The molecule has 1 atom stereocenters. The Morgan fingerprint density at radius 2 is 2.31 bits per heavy atom. The smallest absolute Gasteiger partial charge is 0.405 e. The largest absolute Gasteiger partial charge is 0.465 e. The van der Waals surface area contributed by atoms with Crippen LogP contribution in [0.25, 0.3) is 0 Å². The topological polar surface area (TPSA) is 78.4 Å². The lowest BCUT2D eigenvalue weighted by molar-refractivity contribution is -0.118. The lowest BCUT2D eigenvalue weighted by atomic mass is 9.99. The first-order chi connectivity index (χ1) is 7.56. The van der Waals surface area contributed by atoms with Gasteiger partial charge in [-0.1, -0.05) is 15.9 Å². The second-order valence-electron chi connectivity index (χ2n) is 3.50. The van der Waals surface area contributed by atoms with Crippen LogP contribution in [0.3, 0.4) is 0 Å². The molecule has 1 aliphatic rings. The molecule has 0 aromatic heterocycles. The van der Waals surface area contributed by atoms with Gasteiger partial charge in [0, 0.05) is 16.6 Å². The molecule has 16 heavy (non-hydrogen) atoms. The van der Waals surface area contributed by atoms with Crippen LogP contribution < -0.4 is 10.6 Å². The van der Waals surface area contributed by atoms with Crippen molar-refractivity contribution in [2.24, 2.45) is 0 Å². The summed E-state index contributed by atoms with van der Waals surface area (Å²) in [6.07, 6.45) is -0.828. The second-order valence-corrected chi connectivity index (χ2v) is 4.41. The van der Waals surface area contributed by atoms with Gasteiger partial charge in [0.15, 0.2) is 0 Å². The van der Waals surface area contributed by atoms with Crippen LogP contribution in [0.1, 0.15) is 5.56 Å². The van der Waals surface area contributed by atoms with E-state index in [1.54, 1.807) is 6.07 Å². The highest BCUT2D eigenvalue weighted by atomic mass is 79.9. The van der Waals surface area contributed by atoms with Crippen molar-refractivity contribution < 1.29 is 14.7 Å². The molecule has 0 fully saturated rings. The number of amides is 2. The third-order valence-electron chi connectivity index (χ3n) is 2.36. The number of benzene rings is 1. The monoisotopic (exact) mass is 284 g/mol. The van der Waals surface area contributed by atoms with Gasteiger partial charge in [0.05, 0.1) is 0 Å². The molecule has 5 nitrogen and oxygen atoms in total. The first-order valence-corrected chi connectivity index (χ1v) is 5.44. The zero-order valence-electron chi connectivity index (χ0n) is 8.16. The molecule has 6 heteroatoms. The number of hydrogen-bond acceptors (Lipinski definition) is 2. The van der Waals surface area contributed by atoms with Crippen LogP contribution >= 0.6 is 15.9 Å². The molecule has 1 aromatic carbocycles. The van der Waals surface area contributed by atoms with Gasteiger partial charge in [0.25, 0.3) is 0 Å². The van der Waals surface area contributed by atoms with E-state index in [0.717, 1.165) is 15.7 Å². The van der Waals surface area contributed by atoms with E-state index >= 15 is 0 Å². The molecule has 0 saturated heterocycles. The van der Waals surface area contributed by atoms with Crippen molar-refractivity contribution >= 4 is 33.6 Å². The maximum atomic E-state index is 11.5. The van der Waals surface area contributed by atoms with Gasteiger partial charge in [-0.15, -0.1) is 0 Å². The summed E-state index contributed by atoms with van der Waals surface area (Å²) in [4.78, 5) is 22.0. The highest BCUT2D eigenvalue weighted by Crippen LogP contribution is 2.25. The molecular formula is C10H9BrN2O3. The van der Waals surface area contributed by atoms with Gasteiger partial charge in [-0.3, -0.25) is 4.79 Å². The molecule has 0 saturated carbocycles. The third kappa shape index (κ3) is 2.16. The summed E-state index contributed by atoms with van der Waals surface area (Å²) < 4.78 is 0.900. The van der Waals surface area contributed by atoms with Crippen molar-refractivity contribution in [1.29, 1.82) is 0 Å². The summed E-state index contributed by atoms with van der Waals surface area (Å²) in [7, 11) is 0. The van der Waals surface area contributed by atoms with Crippen molar-refractivity contribution in [3.63, 3.8) is 0 Å². The van der Waals surface area contributed by atoms with Crippen molar-refractivity contribution in [1.82, 2.24) is 5.32 Å². The Balaban J connectivity index is 2.26. The average molecular weight is 285 g/mol. The third-order valence-corrected chi connectivity index (χ3v) is 2.86. The van der Waals surface area contributed by atoms with E-state index in [-0.39, 0.29) is 5.91 Å². The summed E-state index contributed by atoms with van der Waals surface area (Å²) in [5.41, 5.74) is 1.64. The zero-order valence-corrected chi connectivity index (χ0v) is 9.74. The Morgan fingerprint density at radius 1 is 1.56 bits per heavy atom. The average Bonchev–Trinajstić information content (AvgIpc) is 2.19. The quantitative estimate of drug-likeness (QED) is 0.733. The highest BCUT2D eigenvalue weighted by Gasteiger charge is 2.27. The number of carbonyl (C=O) groups excluding carboxylic acids is 1. The Morgan fingerprint density at radius 3 is 3.00 bits per heavy atom. The summed E-state index contributed by atoms with van der Waals surface area (Å²) in [5.74, 6) is -0.322. The molecule has 2 rings (SSSR count). The number of carboxylic acid groups (broad SMARTS) is 1. The summed E-state index contributed by atoms with van der Waals surface area (Å²) >= 11 is 3.33. The first kappa shape index (κ1) is 10.9. The minimum absolute atomic E-state index is 0.322. The number of carbonyl (C=O) groups is 2. The normalized spacial score (nSPS) is 18.6. The van der Waals surface area contributed by atoms with Gasteiger partial charge in [-0.05, 0) is 23.8 Å². The predicted molar refractivity (Wildman–Crippen MR) is 61.4 cm³/mol. The first-order valence-electron chi connectivity index (χ1n) is 4.65. The highest BCUT2D eigenvalue weighted by molar-refractivity contribution is 9.10. The van der Waals surface area contributed by atoms with E-state index < -0.39 is 12.1 Å². The molecule has 84 valence electrons. The standard InChI is InChI=1S/C10H9BrN2O3/c11-6-1-2-7-5(3-6)4-8(9(14)12-7)13-10(15)16/h1-3,8,13H,4H2,(H,12,14)(H,15,16). The molecule has 3 N–H and O–H groups in total. The lowest BCUT2D eigenvalue weighted by Gasteiger charge is -2.24.